The lowest BCUT2D eigenvalue weighted by atomic mass is 9.98. The molecule has 0 aliphatic rings. The van der Waals surface area contributed by atoms with E-state index in [9.17, 15) is 4.79 Å². The maximum Gasteiger partial charge on any atom is 0.164 e. The molecule has 4 heteroatoms. The van der Waals surface area contributed by atoms with Crippen LogP contribution in [-0.4, -0.2) is 34.9 Å². The van der Waals surface area contributed by atoms with Gasteiger partial charge in [-0.3, -0.25) is 4.79 Å². The third-order valence-corrected chi connectivity index (χ3v) is 3.81. The summed E-state index contributed by atoms with van der Waals surface area (Å²) in [6, 6.07) is 0. The summed E-state index contributed by atoms with van der Waals surface area (Å²) in [5, 5.41) is 0. The minimum absolute atomic E-state index is 0.0996. The highest BCUT2D eigenvalue weighted by molar-refractivity contribution is 7.80. The summed E-state index contributed by atoms with van der Waals surface area (Å²) in [7, 11) is 0. The second-order valence-corrected chi connectivity index (χ2v) is 7.82. The van der Waals surface area contributed by atoms with Crippen molar-refractivity contribution in [3.8, 4) is 0 Å². The summed E-state index contributed by atoms with van der Waals surface area (Å²) in [6.45, 7) is 14.7. The van der Waals surface area contributed by atoms with Gasteiger partial charge in [0.25, 0.3) is 0 Å². The van der Waals surface area contributed by atoms with Gasteiger partial charge in [-0.15, -0.1) is 0 Å². The van der Waals surface area contributed by atoms with Gasteiger partial charge in [-0.25, -0.2) is 0 Å². The van der Waals surface area contributed by atoms with Crippen molar-refractivity contribution in [3.63, 3.8) is 0 Å². The first kappa shape index (κ1) is 20.9. The van der Waals surface area contributed by atoms with Crippen molar-refractivity contribution in [1.29, 1.82) is 0 Å². The summed E-state index contributed by atoms with van der Waals surface area (Å²) < 4.78 is 12.0. The third-order valence-electron chi connectivity index (χ3n) is 3.58. The fourth-order valence-corrected chi connectivity index (χ4v) is 2.69. The van der Waals surface area contributed by atoms with E-state index in [1.54, 1.807) is 0 Å². The van der Waals surface area contributed by atoms with Gasteiger partial charge in [0.2, 0.25) is 0 Å². The number of thiol groups is 1. The minimum atomic E-state index is -0.738. The molecule has 0 heterocycles. The SMILES string of the molecule is CCCC(C)(C)OC(C)(C)CCOC(C)(C)C(=O)CCS. The van der Waals surface area contributed by atoms with E-state index in [0.717, 1.165) is 19.3 Å². The van der Waals surface area contributed by atoms with E-state index in [1.807, 2.05) is 13.8 Å². The average Bonchev–Trinajstić information content (AvgIpc) is 2.26. The highest BCUT2D eigenvalue weighted by Gasteiger charge is 2.31. The van der Waals surface area contributed by atoms with Gasteiger partial charge in [0.1, 0.15) is 5.60 Å². The Morgan fingerprint density at radius 3 is 2.00 bits per heavy atom. The van der Waals surface area contributed by atoms with Crippen LogP contribution in [0, 0.1) is 0 Å². The molecule has 0 atom stereocenters. The van der Waals surface area contributed by atoms with E-state index < -0.39 is 5.60 Å². The number of carbonyl (C=O) groups excluding carboxylic acids is 1. The normalized spacial score (nSPS) is 13.5. The first-order valence-electron chi connectivity index (χ1n) is 7.94. The van der Waals surface area contributed by atoms with E-state index in [0.29, 0.717) is 18.8 Å². The van der Waals surface area contributed by atoms with Crippen LogP contribution in [0.4, 0.5) is 0 Å². The number of hydrogen-bond acceptors (Lipinski definition) is 4. The molecule has 0 aliphatic heterocycles. The van der Waals surface area contributed by atoms with Crippen LogP contribution in [-0.2, 0) is 14.3 Å². The second-order valence-electron chi connectivity index (χ2n) is 7.38. The second kappa shape index (κ2) is 8.54. The molecule has 0 saturated heterocycles. The van der Waals surface area contributed by atoms with Gasteiger partial charge in [0.15, 0.2) is 5.78 Å². The molecule has 0 fully saturated rings. The fraction of sp³-hybridized carbons (Fsp3) is 0.941. The van der Waals surface area contributed by atoms with Gasteiger partial charge in [-0.05, 0) is 60.1 Å². The summed E-state index contributed by atoms with van der Waals surface area (Å²) in [6.07, 6.45) is 3.34. The summed E-state index contributed by atoms with van der Waals surface area (Å²) in [5.41, 5.74) is -1.13. The highest BCUT2D eigenvalue weighted by Crippen LogP contribution is 2.27. The molecule has 126 valence electrons. The van der Waals surface area contributed by atoms with Crippen molar-refractivity contribution >= 4 is 18.4 Å². The van der Waals surface area contributed by atoms with Crippen molar-refractivity contribution < 1.29 is 14.3 Å². The van der Waals surface area contributed by atoms with Crippen LogP contribution in [0.3, 0.4) is 0 Å². The van der Waals surface area contributed by atoms with Crippen LogP contribution in [0.25, 0.3) is 0 Å². The number of carbonyl (C=O) groups is 1. The van der Waals surface area contributed by atoms with Crippen molar-refractivity contribution in [2.45, 2.75) is 91.0 Å². The topological polar surface area (TPSA) is 35.5 Å². The molecule has 0 spiro atoms. The first-order chi connectivity index (χ1) is 9.46. The van der Waals surface area contributed by atoms with E-state index in [1.165, 1.54) is 0 Å². The van der Waals surface area contributed by atoms with Crippen LogP contribution < -0.4 is 0 Å². The summed E-state index contributed by atoms with van der Waals surface area (Å²) >= 11 is 4.10. The third kappa shape index (κ3) is 8.84. The Kier molecular flexibility index (Phi) is 8.52. The van der Waals surface area contributed by atoms with Gasteiger partial charge in [-0.1, -0.05) is 13.3 Å². The summed E-state index contributed by atoms with van der Waals surface area (Å²) in [4.78, 5) is 11.9. The Labute approximate surface area is 136 Å². The molecule has 0 saturated carbocycles. The van der Waals surface area contributed by atoms with Crippen molar-refractivity contribution in [1.82, 2.24) is 0 Å². The number of ketones is 1. The van der Waals surface area contributed by atoms with Crippen LogP contribution >= 0.6 is 12.6 Å². The molecule has 0 unspecified atom stereocenters. The molecular weight excluding hydrogens is 284 g/mol. The zero-order chi connectivity index (χ0) is 16.7. The first-order valence-corrected chi connectivity index (χ1v) is 8.57. The van der Waals surface area contributed by atoms with Crippen LogP contribution in [0.1, 0.15) is 74.1 Å². The fourth-order valence-electron chi connectivity index (χ4n) is 2.49. The maximum absolute atomic E-state index is 11.9. The predicted molar refractivity (Wildman–Crippen MR) is 92.3 cm³/mol. The van der Waals surface area contributed by atoms with E-state index >= 15 is 0 Å². The van der Waals surface area contributed by atoms with E-state index in [4.69, 9.17) is 9.47 Å². The van der Waals surface area contributed by atoms with E-state index in [-0.39, 0.29) is 17.0 Å². The lowest BCUT2D eigenvalue weighted by Gasteiger charge is -2.37. The monoisotopic (exact) mass is 318 g/mol. The van der Waals surface area contributed by atoms with E-state index in [2.05, 4.69) is 47.2 Å². The van der Waals surface area contributed by atoms with Crippen molar-refractivity contribution in [3.05, 3.63) is 0 Å². The van der Waals surface area contributed by atoms with Gasteiger partial charge in [0, 0.05) is 6.42 Å². The molecule has 0 rings (SSSR count). The number of ether oxygens (including phenoxy) is 2. The molecule has 0 aromatic heterocycles. The number of Topliss-reactive ketones (excluding diaryl/α,β-unsaturated/α-hetero) is 1. The Balaban J connectivity index is 4.34. The molecule has 0 bridgehead atoms. The van der Waals surface area contributed by atoms with Crippen LogP contribution in [0.2, 0.25) is 0 Å². The Morgan fingerprint density at radius 2 is 1.52 bits per heavy atom. The Morgan fingerprint density at radius 1 is 1.00 bits per heavy atom. The van der Waals surface area contributed by atoms with Gasteiger partial charge < -0.3 is 9.47 Å². The smallest absolute Gasteiger partial charge is 0.164 e. The molecule has 0 amide bonds. The zero-order valence-electron chi connectivity index (χ0n) is 14.9. The lowest BCUT2D eigenvalue weighted by Crippen LogP contribution is -2.40. The molecule has 0 aromatic carbocycles. The van der Waals surface area contributed by atoms with Crippen LogP contribution in [0.15, 0.2) is 0 Å². The zero-order valence-corrected chi connectivity index (χ0v) is 15.8. The largest absolute Gasteiger partial charge is 0.370 e. The molecule has 0 N–H and O–H groups in total. The predicted octanol–water partition coefficient (Wildman–Crippen LogP) is 4.43. The minimum Gasteiger partial charge on any atom is -0.370 e. The molecule has 0 aromatic rings. The molecule has 3 nitrogen and oxygen atoms in total. The maximum atomic E-state index is 11.9. The number of rotatable bonds is 11. The van der Waals surface area contributed by atoms with Crippen LogP contribution in [0.5, 0.6) is 0 Å². The standard InChI is InChI=1S/C17H34O3S/c1-8-10-15(2,3)20-16(4,5)11-12-19-17(6,7)14(18)9-13-21/h21H,8-13H2,1-7H3. The quantitative estimate of drug-likeness (QED) is 0.572. The lowest BCUT2D eigenvalue weighted by molar-refractivity contribution is -0.153. The molecule has 0 radical (unpaired) electrons. The Bertz CT molecular complexity index is 322. The Hall–Kier alpha value is -0.0600. The number of hydrogen-bond donors (Lipinski definition) is 1. The average molecular weight is 319 g/mol. The highest BCUT2D eigenvalue weighted by atomic mass is 32.1. The van der Waals surface area contributed by atoms with Gasteiger partial charge in [0.05, 0.1) is 17.8 Å². The van der Waals surface area contributed by atoms with Gasteiger partial charge in [-0.2, -0.15) is 12.6 Å². The van der Waals surface area contributed by atoms with Crippen molar-refractivity contribution in [2.75, 3.05) is 12.4 Å². The molecule has 21 heavy (non-hydrogen) atoms. The van der Waals surface area contributed by atoms with Gasteiger partial charge >= 0.3 is 0 Å². The molecule has 0 aliphatic carbocycles. The summed E-state index contributed by atoms with van der Waals surface area (Å²) in [5.74, 6) is 0.661. The van der Waals surface area contributed by atoms with Crippen molar-refractivity contribution in [2.24, 2.45) is 0 Å². The molecular formula is C17H34O3S.